The van der Waals surface area contributed by atoms with E-state index in [1.54, 1.807) is 0 Å². The fraction of sp³-hybridized carbons (Fsp3) is 0.333. The van der Waals surface area contributed by atoms with Gasteiger partial charge in [0.05, 0.1) is 39.0 Å². The van der Waals surface area contributed by atoms with Crippen LogP contribution in [-0.2, 0) is 48.4 Å². The quantitative estimate of drug-likeness (QED) is 0.340. The predicted octanol–water partition coefficient (Wildman–Crippen LogP) is 4.46. The van der Waals surface area contributed by atoms with Gasteiger partial charge in [-0.05, 0) is 16.7 Å². The van der Waals surface area contributed by atoms with Crippen LogP contribution >= 0.6 is 0 Å². The van der Waals surface area contributed by atoms with E-state index in [4.69, 9.17) is 18.9 Å². The second-order valence-corrected chi connectivity index (χ2v) is 9.33. The molecule has 1 heterocycles. The molecule has 4 atom stereocenters. The molecule has 0 radical (unpaired) electrons. The average molecular weight is 521 g/mol. The zero-order valence-corrected chi connectivity index (χ0v) is 21.0. The van der Waals surface area contributed by atoms with E-state index in [0.29, 0.717) is 0 Å². The molecule has 0 saturated carbocycles. The molecule has 1 fully saturated rings. The molecule has 3 aromatic carbocycles. The van der Waals surface area contributed by atoms with Crippen LogP contribution in [0.1, 0.15) is 29.5 Å². The van der Waals surface area contributed by atoms with Crippen molar-refractivity contribution in [2.45, 2.75) is 56.6 Å². The maximum Gasteiger partial charge on any atom is 0.336 e. The third-order valence-electron chi connectivity index (χ3n) is 6.45. The Morgan fingerprint density at radius 2 is 1.26 bits per heavy atom. The van der Waals surface area contributed by atoms with Crippen LogP contribution in [0.5, 0.6) is 0 Å². The molecule has 0 aliphatic carbocycles. The van der Waals surface area contributed by atoms with Gasteiger partial charge in [0.1, 0.15) is 12.2 Å². The molecule has 200 valence electrons. The Kier molecular flexibility index (Phi) is 9.62. The van der Waals surface area contributed by atoms with E-state index in [1.807, 2.05) is 91.0 Å². The van der Waals surface area contributed by atoms with E-state index in [0.717, 1.165) is 16.7 Å². The molecule has 0 aromatic heterocycles. The summed E-state index contributed by atoms with van der Waals surface area (Å²) in [5.41, 5.74) is 0.785. The molecular formula is C30H32O8. The van der Waals surface area contributed by atoms with Gasteiger partial charge in [-0.1, -0.05) is 91.0 Å². The number of benzene rings is 3. The van der Waals surface area contributed by atoms with Gasteiger partial charge >= 0.3 is 11.9 Å². The largest absolute Gasteiger partial charge is 0.481 e. The zero-order valence-electron chi connectivity index (χ0n) is 21.0. The molecule has 38 heavy (non-hydrogen) atoms. The van der Waals surface area contributed by atoms with E-state index in [-0.39, 0.29) is 32.8 Å². The average Bonchev–Trinajstić information content (AvgIpc) is 2.92. The van der Waals surface area contributed by atoms with Crippen LogP contribution in [0.2, 0.25) is 0 Å². The first kappa shape index (κ1) is 27.5. The van der Waals surface area contributed by atoms with Crippen LogP contribution in [0, 0.1) is 0 Å². The fourth-order valence-electron chi connectivity index (χ4n) is 4.57. The highest BCUT2D eigenvalue weighted by molar-refractivity contribution is 5.84. The molecule has 8 nitrogen and oxygen atoms in total. The molecule has 0 spiro atoms. The van der Waals surface area contributed by atoms with E-state index < -0.39 is 42.3 Å². The Morgan fingerprint density at radius 1 is 0.763 bits per heavy atom. The smallest absolute Gasteiger partial charge is 0.336 e. The highest BCUT2D eigenvalue weighted by Crippen LogP contribution is 2.37. The summed E-state index contributed by atoms with van der Waals surface area (Å²) >= 11 is 0. The summed E-state index contributed by atoms with van der Waals surface area (Å²) in [5.74, 6) is -2.63. The van der Waals surface area contributed by atoms with E-state index in [9.17, 15) is 19.8 Å². The molecule has 2 N–H and O–H groups in total. The van der Waals surface area contributed by atoms with Crippen molar-refractivity contribution in [2.75, 3.05) is 6.61 Å². The highest BCUT2D eigenvalue weighted by Gasteiger charge is 2.54. The Bertz CT molecular complexity index is 1150. The fourth-order valence-corrected chi connectivity index (χ4v) is 4.57. The lowest BCUT2D eigenvalue weighted by molar-refractivity contribution is -0.257. The summed E-state index contributed by atoms with van der Waals surface area (Å²) < 4.78 is 24.5. The number of carboxylic acids is 2. The van der Waals surface area contributed by atoms with E-state index >= 15 is 0 Å². The number of hydrogen-bond donors (Lipinski definition) is 2. The Labute approximate surface area is 221 Å². The summed E-state index contributed by atoms with van der Waals surface area (Å²) in [6.07, 6.45) is -3.23. The van der Waals surface area contributed by atoms with Gasteiger partial charge in [-0.3, -0.25) is 4.79 Å². The third-order valence-corrected chi connectivity index (χ3v) is 6.45. The molecule has 8 heteroatoms. The first-order valence-electron chi connectivity index (χ1n) is 12.5. The molecule has 4 rings (SSSR count). The topological polar surface area (TPSA) is 112 Å². The minimum Gasteiger partial charge on any atom is -0.481 e. The van der Waals surface area contributed by atoms with Gasteiger partial charge in [0.25, 0.3) is 0 Å². The van der Waals surface area contributed by atoms with Crippen LogP contribution in [0.25, 0.3) is 0 Å². The van der Waals surface area contributed by atoms with Crippen molar-refractivity contribution in [3.63, 3.8) is 0 Å². The Hall–Kier alpha value is -3.56. The van der Waals surface area contributed by atoms with Gasteiger partial charge in [-0.25, -0.2) is 4.79 Å². The van der Waals surface area contributed by atoms with E-state index in [1.165, 1.54) is 0 Å². The van der Waals surface area contributed by atoms with Crippen molar-refractivity contribution in [1.29, 1.82) is 0 Å². The predicted molar refractivity (Wildman–Crippen MR) is 138 cm³/mol. The number of rotatable bonds is 13. The molecule has 0 amide bonds. The van der Waals surface area contributed by atoms with Crippen molar-refractivity contribution in [3.05, 3.63) is 108 Å². The van der Waals surface area contributed by atoms with Gasteiger partial charge in [0.15, 0.2) is 5.60 Å². The van der Waals surface area contributed by atoms with Crippen LogP contribution in [0.4, 0.5) is 0 Å². The first-order valence-corrected chi connectivity index (χ1v) is 12.5. The van der Waals surface area contributed by atoms with Gasteiger partial charge in [-0.2, -0.15) is 0 Å². The molecule has 0 unspecified atom stereocenters. The zero-order chi connectivity index (χ0) is 26.8. The van der Waals surface area contributed by atoms with Crippen molar-refractivity contribution >= 4 is 11.9 Å². The molecule has 3 aromatic rings. The van der Waals surface area contributed by atoms with Crippen LogP contribution < -0.4 is 0 Å². The summed E-state index contributed by atoms with van der Waals surface area (Å²) in [5, 5.41) is 19.7. The van der Waals surface area contributed by atoms with E-state index in [2.05, 4.69) is 0 Å². The van der Waals surface area contributed by atoms with Crippen molar-refractivity contribution in [1.82, 2.24) is 0 Å². The van der Waals surface area contributed by atoms with Gasteiger partial charge < -0.3 is 29.2 Å². The summed E-state index contributed by atoms with van der Waals surface area (Å²) in [7, 11) is 0. The minimum atomic E-state index is -1.99. The lowest BCUT2D eigenvalue weighted by Gasteiger charge is -2.45. The maximum absolute atomic E-state index is 12.4. The SMILES string of the molecule is O=C(O)C[C@@]1(C(=O)O)C[C@@H](OCc2ccccc2)[C@H](OCc2ccccc2)[C@@H](COCc2ccccc2)O1. The summed E-state index contributed by atoms with van der Waals surface area (Å²) in [6, 6.07) is 28.6. The summed E-state index contributed by atoms with van der Waals surface area (Å²) in [4.78, 5) is 24.1. The van der Waals surface area contributed by atoms with Crippen molar-refractivity contribution in [2.24, 2.45) is 0 Å². The lowest BCUT2D eigenvalue weighted by Crippen LogP contribution is -2.61. The number of aliphatic carboxylic acids is 2. The molecule has 1 aliphatic rings. The molecular weight excluding hydrogens is 488 g/mol. The van der Waals surface area contributed by atoms with Gasteiger partial charge in [-0.15, -0.1) is 0 Å². The molecule has 0 bridgehead atoms. The Balaban J connectivity index is 1.59. The normalized spacial score (nSPS) is 23.1. The number of ether oxygens (including phenoxy) is 4. The second-order valence-electron chi connectivity index (χ2n) is 9.33. The van der Waals surface area contributed by atoms with Crippen LogP contribution in [0.15, 0.2) is 91.0 Å². The van der Waals surface area contributed by atoms with Crippen molar-refractivity contribution in [3.8, 4) is 0 Å². The first-order chi connectivity index (χ1) is 18.4. The molecule has 1 saturated heterocycles. The Morgan fingerprint density at radius 3 is 1.76 bits per heavy atom. The third kappa shape index (κ3) is 7.49. The van der Waals surface area contributed by atoms with Gasteiger partial charge in [0.2, 0.25) is 0 Å². The minimum absolute atomic E-state index is 0.00576. The number of carboxylic acid groups (broad SMARTS) is 2. The van der Waals surface area contributed by atoms with Crippen molar-refractivity contribution < 1.29 is 38.7 Å². The number of hydrogen-bond acceptors (Lipinski definition) is 6. The second kappa shape index (κ2) is 13.3. The lowest BCUT2D eigenvalue weighted by atomic mass is 9.85. The number of carbonyl (C=O) groups is 2. The highest BCUT2D eigenvalue weighted by atomic mass is 16.6. The van der Waals surface area contributed by atoms with Crippen LogP contribution in [0.3, 0.4) is 0 Å². The van der Waals surface area contributed by atoms with Gasteiger partial charge in [0, 0.05) is 6.42 Å². The monoisotopic (exact) mass is 520 g/mol. The maximum atomic E-state index is 12.4. The summed E-state index contributed by atoms with van der Waals surface area (Å²) in [6.45, 7) is 0.722. The van der Waals surface area contributed by atoms with Crippen LogP contribution in [-0.4, -0.2) is 52.7 Å². The molecule has 1 aliphatic heterocycles. The standard InChI is InChI=1S/C30H32O8/c31-27(32)17-30(29(33)34)16-25(36-19-23-12-6-2-7-13-23)28(37-20-24-14-8-3-9-15-24)26(38-30)21-35-18-22-10-4-1-5-11-22/h1-15,25-26,28H,16-21H2,(H,31,32)(H,33,34)/t25-,26-,28+,30-/m1/s1.